The SMILES string of the molecule is CCn1cccc1C(=O)N1CCCC(CC)(C(=O)O)C1. The Labute approximate surface area is 119 Å². The first-order valence-corrected chi connectivity index (χ1v) is 7.22. The van der Waals surface area contributed by atoms with Crippen LogP contribution in [0.1, 0.15) is 43.6 Å². The fraction of sp³-hybridized carbons (Fsp3) is 0.600. The lowest BCUT2D eigenvalue weighted by Gasteiger charge is -2.39. The Morgan fingerprint density at radius 3 is 2.75 bits per heavy atom. The number of nitrogens with zero attached hydrogens (tertiary/aromatic N) is 2. The second-order valence-electron chi connectivity index (χ2n) is 5.45. The van der Waals surface area contributed by atoms with E-state index in [4.69, 9.17) is 0 Å². The topological polar surface area (TPSA) is 62.5 Å². The van der Waals surface area contributed by atoms with E-state index >= 15 is 0 Å². The van der Waals surface area contributed by atoms with Gasteiger partial charge in [0, 0.05) is 25.8 Å². The minimum Gasteiger partial charge on any atom is -0.481 e. The first kappa shape index (κ1) is 14.6. The molecule has 1 aliphatic rings. The van der Waals surface area contributed by atoms with E-state index in [2.05, 4.69) is 0 Å². The molecule has 2 rings (SSSR count). The number of carboxylic acid groups (broad SMARTS) is 1. The number of amides is 1. The van der Waals surface area contributed by atoms with Gasteiger partial charge >= 0.3 is 5.97 Å². The molecule has 20 heavy (non-hydrogen) atoms. The lowest BCUT2D eigenvalue weighted by Crippen LogP contribution is -2.50. The molecule has 5 heteroatoms. The maximum Gasteiger partial charge on any atom is 0.311 e. The first-order valence-electron chi connectivity index (χ1n) is 7.22. The molecule has 1 atom stereocenters. The molecule has 2 heterocycles. The van der Waals surface area contributed by atoms with Gasteiger partial charge in [-0.25, -0.2) is 0 Å². The lowest BCUT2D eigenvalue weighted by molar-refractivity contribution is -0.152. The summed E-state index contributed by atoms with van der Waals surface area (Å²) < 4.78 is 1.89. The summed E-state index contributed by atoms with van der Waals surface area (Å²) in [6, 6.07) is 3.65. The average molecular weight is 278 g/mol. The first-order chi connectivity index (χ1) is 9.54. The third kappa shape index (κ3) is 2.44. The van der Waals surface area contributed by atoms with Crippen LogP contribution in [-0.2, 0) is 11.3 Å². The molecule has 0 aliphatic carbocycles. The van der Waals surface area contributed by atoms with E-state index in [1.165, 1.54) is 0 Å². The minimum atomic E-state index is -0.789. The molecule has 1 aliphatic heterocycles. The van der Waals surface area contributed by atoms with Crippen molar-refractivity contribution in [2.24, 2.45) is 5.41 Å². The summed E-state index contributed by atoms with van der Waals surface area (Å²) in [5.41, 5.74) is -0.137. The van der Waals surface area contributed by atoms with Gasteiger partial charge in [-0.2, -0.15) is 0 Å². The highest BCUT2D eigenvalue weighted by molar-refractivity contribution is 5.93. The van der Waals surface area contributed by atoms with Crippen molar-refractivity contribution in [1.82, 2.24) is 9.47 Å². The largest absolute Gasteiger partial charge is 0.481 e. The Kier molecular flexibility index (Phi) is 4.16. The summed E-state index contributed by atoms with van der Waals surface area (Å²) in [6.07, 6.45) is 3.83. The van der Waals surface area contributed by atoms with Gasteiger partial charge in [0.1, 0.15) is 5.69 Å². The Balaban J connectivity index is 2.21. The van der Waals surface area contributed by atoms with Crippen molar-refractivity contribution >= 4 is 11.9 Å². The second kappa shape index (κ2) is 5.69. The van der Waals surface area contributed by atoms with Gasteiger partial charge in [-0.05, 0) is 38.3 Å². The van der Waals surface area contributed by atoms with Gasteiger partial charge in [-0.15, -0.1) is 0 Å². The van der Waals surface area contributed by atoms with Gasteiger partial charge in [-0.3, -0.25) is 9.59 Å². The zero-order valence-corrected chi connectivity index (χ0v) is 12.1. The van der Waals surface area contributed by atoms with E-state index in [0.717, 1.165) is 13.0 Å². The van der Waals surface area contributed by atoms with E-state index in [9.17, 15) is 14.7 Å². The molecule has 1 aromatic heterocycles. The van der Waals surface area contributed by atoms with Gasteiger partial charge in [-0.1, -0.05) is 6.92 Å². The number of likely N-dealkylation sites (tertiary alicyclic amines) is 1. The zero-order chi connectivity index (χ0) is 14.8. The zero-order valence-electron chi connectivity index (χ0n) is 12.1. The van der Waals surface area contributed by atoms with Crippen molar-refractivity contribution in [3.05, 3.63) is 24.0 Å². The molecule has 1 fully saturated rings. The van der Waals surface area contributed by atoms with Crippen molar-refractivity contribution < 1.29 is 14.7 Å². The Morgan fingerprint density at radius 1 is 1.40 bits per heavy atom. The quantitative estimate of drug-likeness (QED) is 0.918. The molecule has 0 bridgehead atoms. The van der Waals surface area contributed by atoms with E-state index in [1.54, 1.807) is 11.0 Å². The number of hydrogen-bond acceptors (Lipinski definition) is 2. The molecule has 0 saturated carbocycles. The summed E-state index contributed by atoms with van der Waals surface area (Å²) in [7, 11) is 0. The van der Waals surface area contributed by atoms with E-state index < -0.39 is 11.4 Å². The molecule has 0 spiro atoms. The molecule has 0 radical (unpaired) electrons. The number of aliphatic carboxylic acids is 1. The van der Waals surface area contributed by atoms with Gasteiger partial charge < -0.3 is 14.6 Å². The van der Waals surface area contributed by atoms with Crippen LogP contribution in [0.25, 0.3) is 0 Å². The van der Waals surface area contributed by atoms with E-state index in [-0.39, 0.29) is 5.91 Å². The normalized spacial score (nSPS) is 22.8. The molecule has 1 N–H and O–H groups in total. The Bertz CT molecular complexity index is 509. The number of piperidine rings is 1. The van der Waals surface area contributed by atoms with Crippen molar-refractivity contribution in [1.29, 1.82) is 0 Å². The molecular formula is C15H22N2O3. The molecule has 1 saturated heterocycles. The molecular weight excluding hydrogens is 256 g/mol. The van der Waals surface area contributed by atoms with E-state index in [1.807, 2.05) is 30.7 Å². The summed E-state index contributed by atoms with van der Waals surface area (Å²) in [5, 5.41) is 9.48. The van der Waals surface area contributed by atoms with Crippen molar-refractivity contribution in [2.75, 3.05) is 13.1 Å². The van der Waals surface area contributed by atoms with Crippen molar-refractivity contribution in [3.63, 3.8) is 0 Å². The van der Waals surface area contributed by atoms with Crippen LogP contribution in [0.15, 0.2) is 18.3 Å². The maximum absolute atomic E-state index is 12.6. The van der Waals surface area contributed by atoms with Crippen LogP contribution in [0.3, 0.4) is 0 Å². The summed E-state index contributed by atoms with van der Waals surface area (Å²) in [6.45, 7) is 5.56. The fourth-order valence-electron chi connectivity index (χ4n) is 2.97. The smallest absolute Gasteiger partial charge is 0.311 e. The van der Waals surface area contributed by atoms with Crippen molar-refractivity contribution in [2.45, 2.75) is 39.7 Å². The van der Waals surface area contributed by atoms with Crippen LogP contribution in [0, 0.1) is 5.41 Å². The number of carboxylic acids is 1. The summed E-state index contributed by atoms with van der Waals surface area (Å²) in [5.74, 6) is -0.848. The van der Waals surface area contributed by atoms with Gasteiger partial charge in [0.05, 0.1) is 5.41 Å². The van der Waals surface area contributed by atoms with E-state index in [0.29, 0.717) is 31.6 Å². The standard InChI is InChI=1S/C15H22N2O3/c1-3-15(14(19)20)8-6-10-17(11-15)13(18)12-7-5-9-16(12)4-2/h5,7,9H,3-4,6,8,10-11H2,1-2H3,(H,19,20). The van der Waals surface area contributed by atoms with Gasteiger partial charge in [0.15, 0.2) is 0 Å². The molecule has 1 unspecified atom stereocenters. The van der Waals surface area contributed by atoms with Crippen molar-refractivity contribution in [3.8, 4) is 0 Å². The number of hydrogen-bond donors (Lipinski definition) is 1. The minimum absolute atomic E-state index is 0.0596. The van der Waals surface area contributed by atoms with Gasteiger partial charge in [0.25, 0.3) is 5.91 Å². The number of rotatable bonds is 4. The summed E-state index contributed by atoms with van der Waals surface area (Å²) in [4.78, 5) is 25.8. The lowest BCUT2D eigenvalue weighted by atomic mass is 9.77. The van der Waals surface area contributed by atoms with Crippen LogP contribution >= 0.6 is 0 Å². The van der Waals surface area contributed by atoms with Crippen LogP contribution in [-0.4, -0.2) is 39.5 Å². The monoisotopic (exact) mass is 278 g/mol. The number of aromatic nitrogens is 1. The molecule has 110 valence electrons. The highest BCUT2D eigenvalue weighted by atomic mass is 16.4. The highest BCUT2D eigenvalue weighted by Crippen LogP contribution is 2.34. The molecule has 1 aromatic rings. The predicted molar refractivity (Wildman–Crippen MR) is 75.6 cm³/mol. The summed E-state index contributed by atoms with van der Waals surface area (Å²) >= 11 is 0. The van der Waals surface area contributed by atoms with Crippen LogP contribution in [0.2, 0.25) is 0 Å². The second-order valence-corrected chi connectivity index (χ2v) is 5.45. The van der Waals surface area contributed by atoms with Gasteiger partial charge in [0.2, 0.25) is 0 Å². The molecule has 1 amide bonds. The maximum atomic E-state index is 12.6. The third-order valence-corrected chi connectivity index (χ3v) is 4.38. The Morgan fingerprint density at radius 2 is 2.15 bits per heavy atom. The fourth-order valence-corrected chi connectivity index (χ4v) is 2.97. The number of aryl methyl sites for hydroxylation is 1. The number of carbonyl (C=O) groups is 2. The van der Waals surface area contributed by atoms with Crippen LogP contribution < -0.4 is 0 Å². The van der Waals surface area contributed by atoms with Crippen LogP contribution in [0.4, 0.5) is 0 Å². The number of carbonyl (C=O) groups excluding carboxylic acids is 1. The molecule has 5 nitrogen and oxygen atoms in total. The Hall–Kier alpha value is -1.78. The van der Waals surface area contributed by atoms with Crippen LogP contribution in [0.5, 0.6) is 0 Å². The molecule has 0 aromatic carbocycles. The average Bonchev–Trinajstić information content (AvgIpc) is 2.94. The third-order valence-electron chi connectivity index (χ3n) is 4.38. The predicted octanol–water partition coefficient (Wildman–Crippen LogP) is 2.23. The highest BCUT2D eigenvalue weighted by Gasteiger charge is 2.42.